The minimum atomic E-state index is -1.06. The number of thiophene rings is 1. The molecule has 2 aromatic rings. The second-order valence-electron chi connectivity index (χ2n) is 5.86. The van der Waals surface area contributed by atoms with E-state index in [1.807, 2.05) is 17.5 Å². The highest BCUT2D eigenvalue weighted by Gasteiger charge is 2.35. The number of carboxylic acids is 1. The maximum atomic E-state index is 12.4. The van der Waals surface area contributed by atoms with Crippen LogP contribution in [0.25, 0.3) is 0 Å². The SMILES string of the molecule is C/C(=N/N1C(=N)S[C@H](C(=O)Nc2ccc(C(=O)O)cc2)CC1=O)c1cccs1. The molecule has 8 nitrogen and oxygen atoms in total. The summed E-state index contributed by atoms with van der Waals surface area (Å²) in [5, 5.41) is 25.9. The van der Waals surface area contributed by atoms with Crippen molar-refractivity contribution in [1.29, 1.82) is 5.41 Å². The molecule has 1 aromatic carbocycles. The number of benzene rings is 1. The lowest BCUT2D eigenvalue weighted by atomic mass is 10.2. The van der Waals surface area contributed by atoms with Gasteiger partial charge in [-0.25, -0.2) is 4.79 Å². The van der Waals surface area contributed by atoms with E-state index in [2.05, 4.69) is 10.4 Å². The maximum Gasteiger partial charge on any atom is 0.335 e. The van der Waals surface area contributed by atoms with E-state index in [9.17, 15) is 14.4 Å². The summed E-state index contributed by atoms with van der Waals surface area (Å²) in [5.74, 6) is -1.91. The Morgan fingerprint density at radius 1 is 1.29 bits per heavy atom. The van der Waals surface area contributed by atoms with Gasteiger partial charge in [-0.2, -0.15) is 10.1 Å². The van der Waals surface area contributed by atoms with Crippen molar-refractivity contribution < 1.29 is 19.5 Å². The molecule has 2 heterocycles. The molecule has 1 aliphatic heterocycles. The molecule has 10 heteroatoms. The Kier molecular flexibility index (Phi) is 5.90. The van der Waals surface area contributed by atoms with Gasteiger partial charge in [0.2, 0.25) is 5.91 Å². The molecule has 144 valence electrons. The van der Waals surface area contributed by atoms with Gasteiger partial charge in [0.05, 0.1) is 22.6 Å². The number of thioether (sulfide) groups is 1. The van der Waals surface area contributed by atoms with Gasteiger partial charge in [-0.15, -0.1) is 11.3 Å². The number of amides is 2. The molecular weight excluding hydrogens is 400 g/mol. The minimum Gasteiger partial charge on any atom is -0.478 e. The fraction of sp³-hybridized carbons (Fsp3) is 0.167. The van der Waals surface area contributed by atoms with Crippen LogP contribution in [0.3, 0.4) is 0 Å². The van der Waals surface area contributed by atoms with Gasteiger partial charge in [0.15, 0.2) is 5.17 Å². The van der Waals surface area contributed by atoms with E-state index in [1.165, 1.54) is 35.6 Å². The third-order valence-corrected chi connectivity index (χ3v) is 5.90. The smallest absolute Gasteiger partial charge is 0.335 e. The van der Waals surface area contributed by atoms with Crippen molar-refractivity contribution in [2.45, 2.75) is 18.6 Å². The largest absolute Gasteiger partial charge is 0.478 e. The molecule has 1 aromatic heterocycles. The van der Waals surface area contributed by atoms with Gasteiger partial charge in [0.25, 0.3) is 5.91 Å². The molecule has 1 atom stereocenters. The van der Waals surface area contributed by atoms with Crippen molar-refractivity contribution >= 4 is 57.4 Å². The van der Waals surface area contributed by atoms with Gasteiger partial charge in [-0.1, -0.05) is 17.8 Å². The van der Waals surface area contributed by atoms with Gasteiger partial charge in [-0.05, 0) is 42.6 Å². The summed E-state index contributed by atoms with van der Waals surface area (Å²) in [5.41, 5.74) is 1.15. The minimum absolute atomic E-state index is 0.0900. The number of hydrogen-bond donors (Lipinski definition) is 3. The van der Waals surface area contributed by atoms with Crippen LogP contribution in [-0.2, 0) is 9.59 Å². The number of aromatic carboxylic acids is 1. The van der Waals surface area contributed by atoms with E-state index in [0.29, 0.717) is 11.4 Å². The maximum absolute atomic E-state index is 12.4. The van der Waals surface area contributed by atoms with E-state index < -0.39 is 23.0 Å². The van der Waals surface area contributed by atoms with Crippen LogP contribution < -0.4 is 5.32 Å². The molecule has 0 bridgehead atoms. The van der Waals surface area contributed by atoms with Gasteiger partial charge < -0.3 is 10.4 Å². The van der Waals surface area contributed by atoms with Crippen LogP contribution in [-0.4, -0.2) is 44.0 Å². The lowest BCUT2D eigenvalue weighted by Crippen LogP contribution is -2.42. The van der Waals surface area contributed by atoms with Crippen molar-refractivity contribution in [3.63, 3.8) is 0 Å². The van der Waals surface area contributed by atoms with Crippen molar-refractivity contribution in [1.82, 2.24) is 5.01 Å². The topological polar surface area (TPSA) is 123 Å². The lowest BCUT2D eigenvalue weighted by molar-refractivity contribution is -0.129. The zero-order valence-electron chi connectivity index (χ0n) is 14.7. The van der Waals surface area contributed by atoms with Gasteiger partial charge in [-0.3, -0.25) is 15.0 Å². The highest BCUT2D eigenvalue weighted by Crippen LogP contribution is 2.27. The van der Waals surface area contributed by atoms with Crippen LogP contribution in [0, 0.1) is 5.41 Å². The third kappa shape index (κ3) is 4.46. The number of carboxylic acid groups (broad SMARTS) is 1. The van der Waals surface area contributed by atoms with Gasteiger partial charge >= 0.3 is 5.97 Å². The number of hydrazone groups is 1. The van der Waals surface area contributed by atoms with Crippen molar-refractivity contribution in [3.8, 4) is 0 Å². The highest BCUT2D eigenvalue weighted by atomic mass is 32.2. The second-order valence-corrected chi connectivity index (χ2v) is 7.99. The van der Waals surface area contributed by atoms with Crippen LogP contribution in [0.5, 0.6) is 0 Å². The molecule has 1 saturated heterocycles. The predicted octanol–water partition coefficient (Wildman–Crippen LogP) is 3.08. The normalized spacial score (nSPS) is 17.5. The highest BCUT2D eigenvalue weighted by molar-refractivity contribution is 8.14. The number of anilines is 1. The molecule has 3 N–H and O–H groups in total. The van der Waals surface area contributed by atoms with Crippen LogP contribution in [0.2, 0.25) is 0 Å². The van der Waals surface area contributed by atoms with E-state index in [4.69, 9.17) is 10.5 Å². The monoisotopic (exact) mass is 416 g/mol. The number of nitrogens with one attached hydrogen (secondary N) is 2. The average molecular weight is 416 g/mol. The summed E-state index contributed by atoms with van der Waals surface area (Å²) in [6.45, 7) is 1.76. The molecular formula is C18H16N4O4S2. The fourth-order valence-corrected chi connectivity index (χ4v) is 4.01. The van der Waals surface area contributed by atoms with Crippen LogP contribution in [0.1, 0.15) is 28.6 Å². The number of carbonyl (C=O) groups excluding carboxylic acids is 2. The molecule has 0 saturated carbocycles. The third-order valence-electron chi connectivity index (χ3n) is 3.86. The van der Waals surface area contributed by atoms with Gasteiger partial charge in [0, 0.05) is 5.69 Å². The van der Waals surface area contributed by atoms with Crippen LogP contribution in [0.4, 0.5) is 5.69 Å². The zero-order valence-corrected chi connectivity index (χ0v) is 16.3. The van der Waals surface area contributed by atoms with Crippen LogP contribution >= 0.6 is 23.1 Å². The summed E-state index contributed by atoms with van der Waals surface area (Å²) in [4.78, 5) is 36.6. The van der Waals surface area contributed by atoms with Crippen molar-refractivity contribution in [2.75, 3.05) is 5.32 Å². The Morgan fingerprint density at radius 3 is 2.57 bits per heavy atom. The summed E-state index contributed by atoms with van der Waals surface area (Å²) < 4.78 is 0. The lowest BCUT2D eigenvalue weighted by Gasteiger charge is -2.27. The first kappa shape index (κ1) is 19.8. The number of carbonyl (C=O) groups is 3. The molecule has 1 fully saturated rings. The number of rotatable bonds is 5. The zero-order chi connectivity index (χ0) is 20.3. The number of amidine groups is 1. The molecule has 0 spiro atoms. The summed E-state index contributed by atoms with van der Waals surface area (Å²) in [6, 6.07) is 9.46. The van der Waals surface area contributed by atoms with E-state index >= 15 is 0 Å². The van der Waals surface area contributed by atoms with Crippen molar-refractivity contribution in [3.05, 3.63) is 52.2 Å². The Balaban J connectivity index is 1.65. The Morgan fingerprint density at radius 2 is 2.00 bits per heavy atom. The fourth-order valence-electron chi connectivity index (χ4n) is 2.43. The first-order chi connectivity index (χ1) is 13.3. The molecule has 0 aliphatic carbocycles. The Labute approximate surface area is 168 Å². The average Bonchev–Trinajstić information content (AvgIpc) is 3.19. The summed E-state index contributed by atoms with van der Waals surface area (Å²) in [7, 11) is 0. The summed E-state index contributed by atoms with van der Waals surface area (Å²) in [6.07, 6.45) is -0.0900. The molecule has 1 aliphatic rings. The number of nitrogens with zero attached hydrogens (tertiary/aromatic N) is 2. The Bertz CT molecular complexity index is 936. The quantitative estimate of drug-likeness (QED) is 0.647. The second kappa shape index (κ2) is 8.36. The number of hydrogen-bond acceptors (Lipinski definition) is 7. The van der Waals surface area contributed by atoms with E-state index in [1.54, 1.807) is 6.92 Å². The van der Waals surface area contributed by atoms with E-state index in [-0.39, 0.29) is 17.2 Å². The molecule has 28 heavy (non-hydrogen) atoms. The first-order valence-electron chi connectivity index (χ1n) is 8.16. The Hall–Kier alpha value is -2.98. The summed E-state index contributed by atoms with van der Waals surface area (Å²) >= 11 is 2.44. The first-order valence-corrected chi connectivity index (χ1v) is 9.92. The molecule has 3 rings (SSSR count). The van der Waals surface area contributed by atoms with Crippen molar-refractivity contribution in [2.24, 2.45) is 5.10 Å². The predicted molar refractivity (Wildman–Crippen MR) is 109 cm³/mol. The molecule has 0 radical (unpaired) electrons. The molecule has 2 amide bonds. The van der Waals surface area contributed by atoms with E-state index in [0.717, 1.165) is 21.6 Å². The molecule has 0 unspecified atom stereocenters. The van der Waals surface area contributed by atoms with Crippen LogP contribution in [0.15, 0.2) is 46.9 Å². The van der Waals surface area contributed by atoms with Gasteiger partial charge in [0.1, 0.15) is 5.25 Å². The standard InChI is InChI=1S/C18H16N4O4S2/c1-10(13-3-2-8-27-13)21-22-15(23)9-14(28-18(22)19)16(24)20-12-6-4-11(5-7-12)17(25)26/h2-8,14,19H,9H2,1H3,(H,20,24)(H,25,26)/b19-18?,21-10-/t14-/m0/s1.